The number of carboxylic acids is 1. The number of pyridine rings is 2. The van der Waals surface area contributed by atoms with E-state index in [2.05, 4.69) is 30.5 Å². The van der Waals surface area contributed by atoms with Crippen LogP contribution in [0, 0.1) is 25.2 Å². The number of aryl methyl sites for hydroxylation is 2. The van der Waals surface area contributed by atoms with E-state index in [1.54, 1.807) is 23.7 Å². The predicted molar refractivity (Wildman–Crippen MR) is 420 cm³/mol. The van der Waals surface area contributed by atoms with Crippen LogP contribution in [-0.2, 0) is 79.3 Å². The third-order valence-electron chi connectivity index (χ3n) is 18.1. The molecule has 0 bridgehead atoms. The first-order valence-electron chi connectivity index (χ1n) is 38.7. The molecule has 2 aliphatic heterocycles. The van der Waals surface area contributed by atoms with Crippen LogP contribution in [-0.4, -0.2) is 227 Å². The van der Waals surface area contributed by atoms with E-state index in [9.17, 15) is 51.8 Å². The molecule has 3 amide bonds. The number of anilines is 1. The van der Waals surface area contributed by atoms with Gasteiger partial charge in [0, 0.05) is 92.4 Å². The van der Waals surface area contributed by atoms with Gasteiger partial charge < -0.3 is 79.0 Å². The summed E-state index contributed by atoms with van der Waals surface area (Å²) in [6, 6.07) is 14.2. The van der Waals surface area contributed by atoms with Crippen molar-refractivity contribution < 1.29 is 99.6 Å². The number of nitrogens with zero attached hydrogens (tertiary/aromatic N) is 5. The number of nitrogens with one attached hydrogen (secondary N) is 2. The molecule has 0 aliphatic carbocycles. The van der Waals surface area contributed by atoms with Crippen molar-refractivity contribution in [3.05, 3.63) is 112 Å². The maximum atomic E-state index is 13.7. The van der Waals surface area contributed by atoms with Gasteiger partial charge in [0.05, 0.1) is 126 Å². The summed E-state index contributed by atoms with van der Waals surface area (Å²) < 4.78 is 88.2. The van der Waals surface area contributed by atoms with Gasteiger partial charge in [0.25, 0.3) is 0 Å². The molecule has 30 heteroatoms. The summed E-state index contributed by atoms with van der Waals surface area (Å²) in [6.45, 7) is 26.7. The largest absolute Gasteiger partial charge is 0.480 e. The number of hydrogen-bond donors (Lipinski definition) is 5. The Hall–Kier alpha value is -7.75. The van der Waals surface area contributed by atoms with E-state index in [1.807, 2.05) is 111 Å². The predicted octanol–water partition coefficient (Wildman–Crippen LogP) is 11.1. The lowest BCUT2D eigenvalue weighted by Crippen LogP contribution is -2.57. The monoisotopic (exact) mass is 1590 g/mol. The first-order valence-corrected chi connectivity index (χ1v) is 39.6. The highest BCUT2D eigenvalue weighted by molar-refractivity contribution is 7.13. The topological polar surface area (TPSA) is 338 Å². The Balaban J connectivity index is 0.000000311. The molecule has 0 unspecified atom stereocenters. The van der Waals surface area contributed by atoms with Crippen molar-refractivity contribution in [1.29, 1.82) is 0 Å². The fourth-order valence-electron chi connectivity index (χ4n) is 11.8. The van der Waals surface area contributed by atoms with Crippen LogP contribution in [0.25, 0.3) is 21.6 Å². The second-order valence-electron chi connectivity index (χ2n) is 29.1. The molecule has 0 spiro atoms. The van der Waals surface area contributed by atoms with E-state index in [1.165, 1.54) is 17.0 Å². The second-order valence-corrected chi connectivity index (χ2v) is 29.9. The number of ketones is 3. The zero-order valence-corrected chi connectivity index (χ0v) is 67.7. The highest BCUT2D eigenvalue weighted by Crippen LogP contribution is 2.35. The number of aliphatic hydroxyl groups is 1. The lowest BCUT2D eigenvalue weighted by atomic mass is 9.85. The van der Waals surface area contributed by atoms with Crippen molar-refractivity contribution in [3.8, 4) is 27.4 Å². The molecule has 3 aromatic heterocycles. The molecule has 2 saturated heterocycles. The van der Waals surface area contributed by atoms with Crippen molar-refractivity contribution in [3.63, 3.8) is 0 Å². The summed E-state index contributed by atoms with van der Waals surface area (Å²) in [5, 5.41) is 24.9. The molecule has 0 radical (unpaired) electrons. The Morgan fingerprint density at radius 1 is 0.679 bits per heavy atom. The molecule has 2 aromatic carbocycles. The molecule has 2 aliphatic rings. The molecule has 5 aromatic rings. The van der Waals surface area contributed by atoms with E-state index in [-0.39, 0.29) is 106 Å². The number of likely N-dealkylation sites (tertiary alicyclic amines) is 1. The number of unbranched alkanes of at least 4 members (excludes halogenated alkanes) is 5. The number of halogens is 3. The Morgan fingerprint density at radius 3 is 1.88 bits per heavy atom. The van der Waals surface area contributed by atoms with Crippen LogP contribution in [0.5, 0.6) is 5.88 Å². The molecule has 5 heterocycles. The van der Waals surface area contributed by atoms with Gasteiger partial charge in [-0.2, -0.15) is 13.2 Å². The van der Waals surface area contributed by atoms with E-state index >= 15 is 0 Å². The number of hydrogen-bond acceptors (Lipinski definition) is 23. The number of ether oxygens (including phenoxy) is 9. The average Bonchev–Trinajstić information content (AvgIpc) is 1.59. The molecular formula is C82H119F3N8O18S. The number of thiazole rings is 1. The zero-order chi connectivity index (χ0) is 82.0. The number of carboxylic acid groups (broad SMARTS) is 1. The van der Waals surface area contributed by atoms with Gasteiger partial charge in [0.2, 0.25) is 23.6 Å². The number of carbonyl (C=O) groups is 7. The van der Waals surface area contributed by atoms with E-state index < -0.39 is 47.1 Å². The van der Waals surface area contributed by atoms with Crippen LogP contribution in [0.1, 0.15) is 170 Å². The molecule has 112 heavy (non-hydrogen) atoms. The molecule has 26 nitrogen and oxygen atoms in total. The number of β-amino-alcohol motifs (C(OH)–C–C–N with tert-alkyl or cyclic N) is 1. The van der Waals surface area contributed by atoms with Crippen LogP contribution in [0.3, 0.4) is 0 Å². The number of carbonyl (C=O) groups excluding carboxylic acids is 6. The Bertz CT molecular complexity index is 3650. The Kier molecular flexibility index (Phi) is 43.3. The fraction of sp³-hybridized carbons (Fsp3) is 0.610. The van der Waals surface area contributed by atoms with Crippen LogP contribution in [0.15, 0.2) is 78.6 Å². The zero-order valence-electron chi connectivity index (χ0n) is 66.9. The summed E-state index contributed by atoms with van der Waals surface area (Å²) in [5.74, 6) is -1.36. The summed E-state index contributed by atoms with van der Waals surface area (Å²) in [4.78, 5) is 104. The summed E-state index contributed by atoms with van der Waals surface area (Å²) in [5.41, 5.74) is 12.4. The summed E-state index contributed by atoms with van der Waals surface area (Å²) >= 11 is 1.59. The second kappa shape index (κ2) is 51.2. The van der Waals surface area contributed by atoms with Gasteiger partial charge in [0.1, 0.15) is 43.4 Å². The SMILES string of the molecule is CC(C)OCCOCCOCCOCC(=O)CCCCCCC(=O)C(C)C.Cc1ncc(CC(=O)c2cccc(C(F)(F)F)c2)cc1-c1cnc(OCCOCCOCCOCC(=O)O)c(N2CCOCC2)c1.Cc1ncsc1-c1ccc([C@H](C)NC(=O)[C@@H]2C[C@@H](O)CN2C(=O)[C@H](NC(=O)CCCCCN)C(C)(C)C)cc1. The minimum atomic E-state index is -4.54. The van der Waals surface area contributed by atoms with Gasteiger partial charge >= 0.3 is 12.1 Å². The third kappa shape index (κ3) is 35.7. The van der Waals surface area contributed by atoms with Crippen molar-refractivity contribution in [2.24, 2.45) is 17.1 Å². The van der Waals surface area contributed by atoms with Gasteiger partial charge in [0.15, 0.2) is 11.6 Å². The number of Topliss-reactive ketones (excluding diaryl/α,β-unsaturated/α-hetero) is 3. The van der Waals surface area contributed by atoms with Crippen molar-refractivity contribution >= 4 is 58.1 Å². The summed E-state index contributed by atoms with van der Waals surface area (Å²) in [7, 11) is 0. The number of nitrogens with two attached hydrogens (primary N) is 1. The van der Waals surface area contributed by atoms with Crippen molar-refractivity contribution in [2.75, 3.05) is 137 Å². The third-order valence-corrected chi connectivity index (χ3v) is 19.1. The van der Waals surface area contributed by atoms with Gasteiger partial charge in [-0.1, -0.05) is 90.3 Å². The van der Waals surface area contributed by atoms with Crippen molar-refractivity contribution in [1.82, 2.24) is 30.5 Å². The highest BCUT2D eigenvalue weighted by atomic mass is 32.1. The number of benzene rings is 2. The molecule has 7 rings (SSSR count). The number of alkyl halides is 3. The van der Waals surface area contributed by atoms with Gasteiger partial charge in [-0.15, -0.1) is 11.3 Å². The van der Waals surface area contributed by atoms with Crippen LogP contribution >= 0.6 is 11.3 Å². The lowest BCUT2D eigenvalue weighted by molar-refractivity contribution is -0.144. The van der Waals surface area contributed by atoms with Gasteiger partial charge in [-0.05, 0) is 113 Å². The number of aliphatic carboxylic acids is 1. The smallest absolute Gasteiger partial charge is 0.416 e. The number of aliphatic hydroxyl groups excluding tert-OH is 1. The maximum Gasteiger partial charge on any atom is 0.416 e. The molecule has 622 valence electrons. The minimum absolute atomic E-state index is 0.0196. The lowest BCUT2D eigenvalue weighted by Gasteiger charge is -2.35. The summed E-state index contributed by atoms with van der Waals surface area (Å²) in [6.07, 6.45) is 5.82. The standard InChI is InChI=1S/C32H36F3N3O8.C29H43N5O4S.C21H40O6/c1-22-27(15-23(19-36-22)16-29(39)24-3-2-4-26(17-24)32(33,34)35)25-18-28(38-5-7-42-8-6-38)31(37-20-25)46-14-13-44-10-9-43-11-12-45-21-30(40)41;1-18(20-10-12-21(13-11-20)25-19(2)31-17-39-25)32-27(37)23-15-22(35)16-34(23)28(38)26(29(3,4)5)33-24(36)9-7-6-8-14-30;1-18(2)21(23)10-8-6-5-7-9-20(22)17-26-14-13-24-11-12-25-15-16-27-19(3)4/h2-4,15,17-20H,5-14,16,21H2,1H3,(H,40,41);10-13,17-18,22-23,26,35H,6-9,14-16,30H2,1-5H3,(H,32,37)(H,33,36);18-19H,5-17H2,1-4H3/t;18-,22+,23-,26-;/m.0./s1. The first kappa shape index (κ1) is 94.8. The average molecular weight is 1590 g/mol. The molecular weight excluding hydrogens is 1470 g/mol. The van der Waals surface area contributed by atoms with Gasteiger partial charge in [-0.25, -0.2) is 14.8 Å². The van der Waals surface area contributed by atoms with E-state index in [0.29, 0.717) is 134 Å². The van der Waals surface area contributed by atoms with Crippen LogP contribution < -0.4 is 26.0 Å². The normalized spacial score (nSPS) is 14.9. The number of aromatic nitrogens is 3. The van der Waals surface area contributed by atoms with E-state index in [0.717, 1.165) is 89.2 Å². The quantitative estimate of drug-likeness (QED) is 0.0178. The fourth-order valence-corrected chi connectivity index (χ4v) is 12.6. The minimum Gasteiger partial charge on any atom is -0.480 e. The number of amides is 3. The highest BCUT2D eigenvalue weighted by Gasteiger charge is 2.45. The van der Waals surface area contributed by atoms with E-state index in [4.69, 9.17) is 53.5 Å². The first-order chi connectivity index (χ1) is 53.5. The molecule has 2 fully saturated rings. The number of rotatable bonds is 48. The Morgan fingerprint density at radius 2 is 1.29 bits per heavy atom. The van der Waals surface area contributed by atoms with Crippen LogP contribution in [0.4, 0.5) is 18.9 Å². The molecule has 4 atom stereocenters. The maximum absolute atomic E-state index is 13.7. The number of morpholine rings is 1. The molecule has 0 saturated carbocycles. The van der Waals surface area contributed by atoms with Gasteiger partial charge in [-0.3, -0.25) is 33.8 Å². The van der Waals surface area contributed by atoms with Crippen molar-refractivity contribution in [2.45, 2.75) is 183 Å². The molecule has 6 N–H and O–H groups in total. The Labute approximate surface area is 661 Å². The van der Waals surface area contributed by atoms with Crippen LogP contribution in [0.2, 0.25) is 0 Å².